The molecule has 1 rings (SSSR count). The summed E-state index contributed by atoms with van der Waals surface area (Å²) in [6, 6.07) is 4.55. The van der Waals surface area contributed by atoms with Crippen LogP contribution >= 0.6 is 0 Å². The molecule has 0 aromatic heterocycles. The standard InChI is InChI=1S/C11H15FN2O2S/c1-14(2)10(15)7-17(16)6-8-4-3-5-9(13)11(8)12/h3-5H,6-7,13H2,1-2H3. The van der Waals surface area contributed by atoms with Crippen LogP contribution in [-0.2, 0) is 21.3 Å². The fourth-order valence-corrected chi connectivity index (χ4v) is 2.41. The first kappa shape index (κ1) is 13.6. The zero-order chi connectivity index (χ0) is 13.0. The number of amides is 1. The van der Waals surface area contributed by atoms with Crippen molar-refractivity contribution in [2.45, 2.75) is 5.75 Å². The second-order valence-electron chi connectivity index (χ2n) is 3.84. The van der Waals surface area contributed by atoms with Crippen molar-refractivity contribution >= 4 is 22.4 Å². The van der Waals surface area contributed by atoms with E-state index in [9.17, 15) is 13.4 Å². The molecule has 1 atom stereocenters. The van der Waals surface area contributed by atoms with Gasteiger partial charge in [-0.1, -0.05) is 12.1 Å². The number of hydrogen-bond donors (Lipinski definition) is 1. The van der Waals surface area contributed by atoms with Crippen molar-refractivity contribution in [3.63, 3.8) is 0 Å². The second kappa shape index (κ2) is 5.77. The Labute approximate surface area is 102 Å². The number of carbonyl (C=O) groups is 1. The molecule has 1 aromatic rings. The van der Waals surface area contributed by atoms with E-state index in [1.54, 1.807) is 20.2 Å². The summed E-state index contributed by atoms with van der Waals surface area (Å²) in [6.07, 6.45) is 0. The topological polar surface area (TPSA) is 63.4 Å². The Morgan fingerprint density at radius 3 is 2.71 bits per heavy atom. The number of rotatable bonds is 4. The maximum atomic E-state index is 13.5. The maximum Gasteiger partial charge on any atom is 0.234 e. The summed E-state index contributed by atoms with van der Waals surface area (Å²) in [5.41, 5.74) is 5.70. The Hall–Kier alpha value is -1.43. The lowest BCUT2D eigenvalue weighted by molar-refractivity contribution is -0.125. The van der Waals surface area contributed by atoms with E-state index in [2.05, 4.69) is 0 Å². The second-order valence-corrected chi connectivity index (χ2v) is 5.29. The number of anilines is 1. The maximum absolute atomic E-state index is 13.5. The van der Waals surface area contributed by atoms with E-state index in [1.165, 1.54) is 17.0 Å². The fraction of sp³-hybridized carbons (Fsp3) is 0.364. The lowest BCUT2D eigenvalue weighted by Gasteiger charge is -2.10. The predicted molar refractivity (Wildman–Crippen MR) is 66.2 cm³/mol. The van der Waals surface area contributed by atoms with Gasteiger partial charge in [-0.05, 0) is 6.07 Å². The van der Waals surface area contributed by atoms with Crippen molar-refractivity contribution in [2.24, 2.45) is 0 Å². The minimum atomic E-state index is -1.43. The van der Waals surface area contributed by atoms with Gasteiger partial charge in [0.15, 0.2) is 0 Å². The van der Waals surface area contributed by atoms with Crippen LogP contribution in [0.25, 0.3) is 0 Å². The number of nitrogens with two attached hydrogens (primary N) is 1. The molecule has 17 heavy (non-hydrogen) atoms. The van der Waals surface area contributed by atoms with Crippen LogP contribution in [0.15, 0.2) is 18.2 Å². The summed E-state index contributed by atoms with van der Waals surface area (Å²) in [5, 5.41) is 0. The Bertz CT molecular complexity index is 449. The van der Waals surface area contributed by atoms with Crippen molar-refractivity contribution in [3.8, 4) is 0 Å². The molecule has 1 amide bonds. The summed E-state index contributed by atoms with van der Waals surface area (Å²) in [4.78, 5) is 12.7. The van der Waals surface area contributed by atoms with Gasteiger partial charge in [0.25, 0.3) is 0 Å². The van der Waals surface area contributed by atoms with Gasteiger partial charge in [-0.15, -0.1) is 0 Å². The first-order chi connectivity index (χ1) is 7.91. The summed E-state index contributed by atoms with van der Waals surface area (Å²) in [6.45, 7) is 0. The molecular weight excluding hydrogens is 243 g/mol. The van der Waals surface area contributed by atoms with E-state index < -0.39 is 16.6 Å². The van der Waals surface area contributed by atoms with E-state index in [4.69, 9.17) is 5.73 Å². The van der Waals surface area contributed by atoms with Crippen LogP contribution in [0.5, 0.6) is 0 Å². The zero-order valence-corrected chi connectivity index (χ0v) is 10.6. The quantitative estimate of drug-likeness (QED) is 0.810. The highest BCUT2D eigenvalue weighted by atomic mass is 32.2. The summed E-state index contributed by atoms with van der Waals surface area (Å²) in [7, 11) is 1.74. The van der Waals surface area contributed by atoms with Crippen molar-refractivity contribution in [2.75, 3.05) is 25.6 Å². The lowest BCUT2D eigenvalue weighted by atomic mass is 10.2. The summed E-state index contributed by atoms with van der Waals surface area (Å²) >= 11 is 0. The molecule has 1 aromatic carbocycles. The summed E-state index contributed by atoms with van der Waals surface area (Å²) < 4.78 is 25.2. The molecule has 0 saturated carbocycles. The van der Waals surface area contributed by atoms with Crippen molar-refractivity contribution in [1.29, 1.82) is 0 Å². The molecule has 0 spiro atoms. The molecule has 0 aliphatic carbocycles. The van der Waals surface area contributed by atoms with Crippen molar-refractivity contribution < 1.29 is 13.4 Å². The molecule has 0 saturated heterocycles. The number of benzene rings is 1. The highest BCUT2D eigenvalue weighted by Crippen LogP contribution is 2.16. The molecule has 0 fully saturated rings. The van der Waals surface area contributed by atoms with Crippen LogP contribution < -0.4 is 5.73 Å². The van der Waals surface area contributed by atoms with Crippen LogP contribution in [0.3, 0.4) is 0 Å². The largest absolute Gasteiger partial charge is 0.396 e. The Kier molecular flexibility index (Phi) is 4.62. The first-order valence-corrected chi connectivity index (χ1v) is 6.48. The molecule has 4 nitrogen and oxygen atoms in total. The molecule has 0 bridgehead atoms. The molecule has 1 unspecified atom stereocenters. The number of carbonyl (C=O) groups excluding carboxylic acids is 1. The summed E-state index contributed by atoms with van der Waals surface area (Å²) in [5.74, 6) is -0.914. The van der Waals surface area contributed by atoms with E-state index >= 15 is 0 Å². The number of nitrogens with zero attached hydrogens (tertiary/aromatic N) is 1. The van der Waals surface area contributed by atoms with Gasteiger partial charge in [-0.2, -0.15) is 0 Å². The molecule has 0 radical (unpaired) electrons. The zero-order valence-electron chi connectivity index (χ0n) is 9.77. The number of hydrogen-bond acceptors (Lipinski definition) is 3. The monoisotopic (exact) mass is 258 g/mol. The minimum Gasteiger partial charge on any atom is -0.396 e. The third kappa shape index (κ3) is 3.81. The third-order valence-corrected chi connectivity index (χ3v) is 3.41. The SMILES string of the molecule is CN(C)C(=O)CS(=O)Cc1cccc(N)c1F. The van der Waals surface area contributed by atoms with E-state index in [1.807, 2.05) is 0 Å². The predicted octanol–water partition coefficient (Wildman–Crippen LogP) is 0.745. The Balaban J connectivity index is 2.69. The van der Waals surface area contributed by atoms with Crippen LogP contribution in [0, 0.1) is 5.82 Å². The van der Waals surface area contributed by atoms with Crippen molar-refractivity contribution in [1.82, 2.24) is 4.90 Å². The fourth-order valence-electron chi connectivity index (χ4n) is 1.20. The molecule has 0 heterocycles. The highest BCUT2D eigenvalue weighted by Gasteiger charge is 2.13. The molecule has 2 N–H and O–H groups in total. The molecule has 0 aliphatic rings. The Morgan fingerprint density at radius 1 is 1.47 bits per heavy atom. The minimum absolute atomic E-state index is 0.00352. The first-order valence-electron chi connectivity index (χ1n) is 4.99. The van der Waals surface area contributed by atoms with Gasteiger partial charge in [-0.25, -0.2) is 4.39 Å². The average Bonchev–Trinajstić information content (AvgIpc) is 2.24. The Morgan fingerprint density at radius 2 is 2.12 bits per heavy atom. The van der Waals surface area contributed by atoms with Gasteiger partial charge in [0.2, 0.25) is 5.91 Å². The van der Waals surface area contributed by atoms with Crippen molar-refractivity contribution in [3.05, 3.63) is 29.6 Å². The number of nitrogen functional groups attached to an aromatic ring is 1. The van der Waals surface area contributed by atoms with Gasteiger partial charge in [0.05, 0.1) is 11.4 Å². The van der Waals surface area contributed by atoms with E-state index in [0.717, 1.165) is 0 Å². The highest BCUT2D eigenvalue weighted by molar-refractivity contribution is 7.84. The van der Waals surface area contributed by atoms with Crippen LogP contribution in [0.2, 0.25) is 0 Å². The van der Waals surface area contributed by atoms with Gasteiger partial charge in [0, 0.05) is 30.5 Å². The molecular formula is C11H15FN2O2S. The van der Waals surface area contributed by atoms with Gasteiger partial charge >= 0.3 is 0 Å². The third-order valence-electron chi connectivity index (χ3n) is 2.21. The smallest absolute Gasteiger partial charge is 0.234 e. The normalized spacial score (nSPS) is 12.2. The van der Waals surface area contributed by atoms with E-state index in [0.29, 0.717) is 0 Å². The van der Waals surface area contributed by atoms with Crippen LogP contribution in [0.4, 0.5) is 10.1 Å². The average molecular weight is 258 g/mol. The molecule has 0 aliphatic heterocycles. The van der Waals surface area contributed by atoms with Gasteiger partial charge < -0.3 is 10.6 Å². The van der Waals surface area contributed by atoms with Gasteiger partial charge in [-0.3, -0.25) is 9.00 Å². The van der Waals surface area contributed by atoms with Crippen LogP contribution in [-0.4, -0.2) is 34.9 Å². The van der Waals surface area contributed by atoms with Crippen LogP contribution in [0.1, 0.15) is 5.56 Å². The van der Waals surface area contributed by atoms with Gasteiger partial charge in [0.1, 0.15) is 11.6 Å². The lowest BCUT2D eigenvalue weighted by Crippen LogP contribution is -2.27. The van der Waals surface area contributed by atoms with E-state index in [-0.39, 0.29) is 28.7 Å². The number of halogens is 1. The molecule has 94 valence electrons. The molecule has 6 heteroatoms.